The van der Waals surface area contributed by atoms with Crippen LogP contribution in [0.15, 0.2) is 30.3 Å². The number of terminal acetylenes is 1. The third-order valence-electron chi connectivity index (χ3n) is 2.85. The van der Waals surface area contributed by atoms with Crippen molar-refractivity contribution in [3.8, 4) is 12.3 Å². The van der Waals surface area contributed by atoms with E-state index in [1.807, 2.05) is 18.2 Å². The standard InChI is InChI=1S/C16H22N2O/c1-5-11-17-14(19)12-18-15(16(2,3)4)13-9-7-6-8-10-13/h1,6-10,15,18H,11-12H2,2-4H3,(H,17,19)/t15-/m1/s1. The quantitative estimate of drug-likeness (QED) is 0.794. The van der Waals surface area contributed by atoms with Crippen LogP contribution in [0.3, 0.4) is 0 Å². The van der Waals surface area contributed by atoms with Gasteiger partial charge in [-0.3, -0.25) is 4.79 Å². The minimum Gasteiger partial charge on any atom is -0.344 e. The predicted molar refractivity (Wildman–Crippen MR) is 78.5 cm³/mol. The van der Waals surface area contributed by atoms with E-state index in [4.69, 9.17) is 6.42 Å². The number of carbonyl (C=O) groups excluding carboxylic acids is 1. The molecule has 2 N–H and O–H groups in total. The molecule has 0 saturated heterocycles. The summed E-state index contributed by atoms with van der Waals surface area (Å²) in [5.41, 5.74) is 1.20. The first-order valence-electron chi connectivity index (χ1n) is 6.43. The Bertz CT molecular complexity index is 440. The molecule has 0 aliphatic carbocycles. The molecule has 0 fully saturated rings. The molecule has 0 aliphatic heterocycles. The largest absolute Gasteiger partial charge is 0.344 e. The third-order valence-corrected chi connectivity index (χ3v) is 2.85. The molecule has 19 heavy (non-hydrogen) atoms. The van der Waals surface area contributed by atoms with Gasteiger partial charge in [-0.05, 0) is 11.0 Å². The highest BCUT2D eigenvalue weighted by Crippen LogP contribution is 2.32. The van der Waals surface area contributed by atoms with Gasteiger partial charge in [-0.15, -0.1) is 6.42 Å². The molecule has 0 radical (unpaired) electrons. The van der Waals surface area contributed by atoms with Gasteiger partial charge in [0.2, 0.25) is 5.91 Å². The Kier molecular flexibility index (Phi) is 5.59. The molecule has 1 amide bonds. The average Bonchev–Trinajstić information content (AvgIpc) is 2.36. The zero-order chi connectivity index (χ0) is 14.3. The molecule has 0 unspecified atom stereocenters. The van der Waals surface area contributed by atoms with Crippen LogP contribution < -0.4 is 10.6 Å². The predicted octanol–water partition coefficient (Wildman–Crippen LogP) is 2.11. The summed E-state index contributed by atoms with van der Waals surface area (Å²) in [5, 5.41) is 5.96. The lowest BCUT2D eigenvalue weighted by Gasteiger charge is -2.32. The van der Waals surface area contributed by atoms with Gasteiger partial charge >= 0.3 is 0 Å². The van der Waals surface area contributed by atoms with Gasteiger partial charge in [0.05, 0.1) is 13.1 Å². The second kappa shape index (κ2) is 6.96. The lowest BCUT2D eigenvalue weighted by molar-refractivity contribution is -0.120. The van der Waals surface area contributed by atoms with Crippen LogP contribution in [0, 0.1) is 17.8 Å². The van der Waals surface area contributed by atoms with E-state index in [9.17, 15) is 4.79 Å². The molecule has 1 atom stereocenters. The Morgan fingerprint density at radius 2 is 1.95 bits per heavy atom. The number of rotatable bonds is 5. The summed E-state index contributed by atoms with van der Waals surface area (Å²) < 4.78 is 0. The molecule has 3 heteroatoms. The Balaban J connectivity index is 2.68. The first-order chi connectivity index (χ1) is 8.95. The van der Waals surface area contributed by atoms with Crippen LogP contribution in [0.5, 0.6) is 0 Å². The highest BCUT2D eigenvalue weighted by molar-refractivity contribution is 5.78. The Morgan fingerprint density at radius 1 is 1.32 bits per heavy atom. The van der Waals surface area contributed by atoms with Gasteiger partial charge in [0, 0.05) is 6.04 Å². The van der Waals surface area contributed by atoms with Crippen LogP contribution in [0.25, 0.3) is 0 Å². The van der Waals surface area contributed by atoms with Gasteiger partial charge in [0.15, 0.2) is 0 Å². The van der Waals surface area contributed by atoms with Gasteiger partial charge in [-0.1, -0.05) is 57.0 Å². The SMILES string of the molecule is C#CCNC(=O)CN[C@H](c1ccccc1)C(C)(C)C. The monoisotopic (exact) mass is 258 g/mol. The van der Waals surface area contributed by atoms with Crippen molar-refractivity contribution in [3.63, 3.8) is 0 Å². The topological polar surface area (TPSA) is 41.1 Å². The Hall–Kier alpha value is -1.79. The second-order valence-corrected chi connectivity index (χ2v) is 5.57. The lowest BCUT2D eigenvalue weighted by Crippen LogP contribution is -2.40. The Labute approximate surface area is 115 Å². The third kappa shape index (κ3) is 5.15. The summed E-state index contributed by atoms with van der Waals surface area (Å²) in [6.07, 6.45) is 5.11. The molecule has 102 valence electrons. The Morgan fingerprint density at radius 3 is 2.47 bits per heavy atom. The normalized spacial score (nSPS) is 12.5. The van der Waals surface area contributed by atoms with E-state index < -0.39 is 0 Å². The van der Waals surface area contributed by atoms with Crippen molar-refractivity contribution in [2.75, 3.05) is 13.1 Å². The van der Waals surface area contributed by atoms with Crippen molar-refractivity contribution in [3.05, 3.63) is 35.9 Å². The smallest absolute Gasteiger partial charge is 0.234 e. The second-order valence-electron chi connectivity index (χ2n) is 5.57. The first-order valence-corrected chi connectivity index (χ1v) is 6.43. The van der Waals surface area contributed by atoms with E-state index in [2.05, 4.69) is 49.5 Å². The molecule has 3 nitrogen and oxygen atoms in total. The van der Waals surface area contributed by atoms with E-state index in [0.717, 1.165) is 0 Å². The first kappa shape index (κ1) is 15.3. The molecule has 0 saturated carbocycles. The summed E-state index contributed by atoms with van der Waals surface area (Å²) in [4.78, 5) is 11.6. The maximum atomic E-state index is 11.6. The maximum absolute atomic E-state index is 11.6. The molecular weight excluding hydrogens is 236 g/mol. The fourth-order valence-corrected chi connectivity index (χ4v) is 1.98. The molecule has 0 heterocycles. The van der Waals surface area contributed by atoms with Gasteiger partial charge in [-0.25, -0.2) is 0 Å². The highest BCUT2D eigenvalue weighted by Gasteiger charge is 2.26. The number of hydrogen-bond donors (Lipinski definition) is 2. The van der Waals surface area contributed by atoms with Crippen LogP contribution >= 0.6 is 0 Å². The van der Waals surface area contributed by atoms with Gasteiger partial charge in [-0.2, -0.15) is 0 Å². The van der Waals surface area contributed by atoms with E-state index in [0.29, 0.717) is 0 Å². The zero-order valence-corrected chi connectivity index (χ0v) is 11.9. The van der Waals surface area contributed by atoms with Crippen LogP contribution in [0.4, 0.5) is 0 Å². The van der Waals surface area contributed by atoms with E-state index in [-0.39, 0.29) is 30.5 Å². The van der Waals surface area contributed by atoms with E-state index >= 15 is 0 Å². The van der Waals surface area contributed by atoms with Crippen LogP contribution in [0.1, 0.15) is 32.4 Å². The molecule has 0 aliphatic rings. The molecule has 0 spiro atoms. The molecule has 1 rings (SSSR count). The molecular formula is C16H22N2O. The molecule has 1 aromatic carbocycles. The van der Waals surface area contributed by atoms with Crippen molar-refractivity contribution in [2.24, 2.45) is 5.41 Å². The number of amides is 1. The lowest BCUT2D eigenvalue weighted by atomic mass is 9.82. The van der Waals surface area contributed by atoms with E-state index in [1.165, 1.54) is 5.56 Å². The average molecular weight is 258 g/mol. The van der Waals surface area contributed by atoms with Gasteiger partial charge in [0.25, 0.3) is 0 Å². The summed E-state index contributed by atoms with van der Waals surface area (Å²) in [5.74, 6) is 2.31. The van der Waals surface area contributed by atoms with Crippen molar-refractivity contribution in [1.29, 1.82) is 0 Å². The number of benzene rings is 1. The van der Waals surface area contributed by atoms with Crippen molar-refractivity contribution in [2.45, 2.75) is 26.8 Å². The van der Waals surface area contributed by atoms with Crippen molar-refractivity contribution >= 4 is 5.91 Å². The van der Waals surface area contributed by atoms with Crippen molar-refractivity contribution in [1.82, 2.24) is 10.6 Å². The molecule has 1 aromatic rings. The fraction of sp³-hybridized carbons (Fsp3) is 0.438. The number of carbonyl (C=O) groups is 1. The summed E-state index contributed by atoms with van der Waals surface area (Å²) in [6.45, 7) is 6.98. The summed E-state index contributed by atoms with van der Waals surface area (Å²) in [6, 6.07) is 10.3. The maximum Gasteiger partial charge on any atom is 0.234 e. The van der Waals surface area contributed by atoms with Crippen LogP contribution in [-0.4, -0.2) is 19.0 Å². The minimum absolute atomic E-state index is 0.0216. The number of hydrogen-bond acceptors (Lipinski definition) is 2. The van der Waals surface area contributed by atoms with Crippen LogP contribution in [-0.2, 0) is 4.79 Å². The summed E-state index contributed by atoms with van der Waals surface area (Å²) >= 11 is 0. The zero-order valence-electron chi connectivity index (χ0n) is 11.9. The number of nitrogens with one attached hydrogen (secondary N) is 2. The minimum atomic E-state index is -0.0804. The van der Waals surface area contributed by atoms with Crippen LogP contribution in [0.2, 0.25) is 0 Å². The van der Waals surface area contributed by atoms with Crippen molar-refractivity contribution < 1.29 is 4.79 Å². The van der Waals surface area contributed by atoms with E-state index in [1.54, 1.807) is 0 Å². The molecule has 0 aromatic heterocycles. The van der Waals surface area contributed by atoms with Gasteiger partial charge < -0.3 is 10.6 Å². The van der Waals surface area contributed by atoms with Gasteiger partial charge in [0.1, 0.15) is 0 Å². The fourth-order valence-electron chi connectivity index (χ4n) is 1.98. The molecule has 0 bridgehead atoms. The highest BCUT2D eigenvalue weighted by atomic mass is 16.1. The summed E-state index contributed by atoms with van der Waals surface area (Å²) in [7, 11) is 0.